The molecule has 2 aromatic rings. The van der Waals surface area contributed by atoms with Gasteiger partial charge in [0.25, 0.3) is 5.91 Å². The molecule has 1 N–H and O–H groups in total. The third kappa shape index (κ3) is 4.56. The number of rotatable bonds is 4. The molecule has 0 aliphatic rings. The van der Waals surface area contributed by atoms with Crippen LogP contribution in [0.25, 0.3) is 0 Å². The Morgan fingerprint density at radius 1 is 1.04 bits per heavy atom. The quantitative estimate of drug-likeness (QED) is 0.647. The average molecular weight is 373 g/mol. The third-order valence-electron chi connectivity index (χ3n) is 3.28. The predicted molar refractivity (Wildman–Crippen MR) is 81.3 cm³/mol. The molecule has 4 nitrogen and oxygen atoms in total. The highest BCUT2D eigenvalue weighted by atomic mass is 19.4. The van der Waals surface area contributed by atoms with E-state index in [2.05, 4.69) is 10.1 Å². The number of carbonyl (C=O) groups is 2. The van der Waals surface area contributed by atoms with Crippen LogP contribution in [0.2, 0.25) is 0 Å². The van der Waals surface area contributed by atoms with Crippen LogP contribution in [0, 0.1) is 11.6 Å². The summed E-state index contributed by atoms with van der Waals surface area (Å²) in [4.78, 5) is 23.8. The molecule has 0 fully saturated rings. The molecule has 0 saturated carbocycles. The van der Waals surface area contributed by atoms with E-state index in [-0.39, 0.29) is 5.69 Å². The fourth-order valence-electron chi connectivity index (χ4n) is 1.98. The van der Waals surface area contributed by atoms with Crippen LogP contribution < -0.4 is 5.32 Å². The van der Waals surface area contributed by atoms with E-state index in [1.54, 1.807) is 0 Å². The van der Waals surface area contributed by atoms with Crippen molar-refractivity contribution in [3.63, 3.8) is 0 Å². The Bertz CT molecular complexity index is 815. The topological polar surface area (TPSA) is 55.4 Å². The van der Waals surface area contributed by atoms with Gasteiger partial charge in [-0.3, -0.25) is 4.79 Å². The van der Waals surface area contributed by atoms with Crippen LogP contribution in [-0.2, 0) is 15.7 Å². The SMILES string of the molecule is C[C@H](OC(=O)c1c(F)cccc1F)C(=O)Nc1cccc(C(F)(F)F)c1. The molecule has 1 atom stereocenters. The normalized spacial score (nSPS) is 12.4. The first-order valence-corrected chi connectivity index (χ1v) is 7.22. The molecule has 0 aliphatic heterocycles. The molecule has 2 aromatic carbocycles. The summed E-state index contributed by atoms with van der Waals surface area (Å²) in [6.45, 7) is 1.11. The second-order valence-corrected chi connectivity index (χ2v) is 5.21. The van der Waals surface area contributed by atoms with Crippen molar-refractivity contribution in [3.05, 3.63) is 65.2 Å². The summed E-state index contributed by atoms with van der Waals surface area (Å²) < 4.78 is 69.6. The zero-order valence-electron chi connectivity index (χ0n) is 13.2. The van der Waals surface area contributed by atoms with Gasteiger partial charge in [-0.25, -0.2) is 13.6 Å². The summed E-state index contributed by atoms with van der Waals surface area (Å²) in [7, 11) is 0. The van der Waals surface area contributed by atoms with E-state index in [1.807, 2.05) is 0 Å². The molecule has 0 saturated heterocycles. The summed E-state index contributed by atoms with van der Waals surface area (Å²) in [6.07, 6.45) is -6.10. The summed E-state index contributed by atoms with van der Waals surface area (Å²) in [5.41, 5.74) is -2.12. The molecule has 0 aliphatic carbocycles. The predicted octanol–water partition coefficient (Wildman–Crippen LogP) is 4.17. The first-order valence-electron chi connectivity index (χ1n) is 7.22. The Kier molecular flexibility index (Phi) is 5.59. The molecule has 138 valence electrons. The lowest BCUT2D eigenvalue weighted by molar-refractivity contribution is -0.137. The maximum atomic E-state index is 13.5. The van der Waals surface area contributed by atoms with Gasteiger partial charge in [-0.2, -0.15) is 13.2 Å². The highest BCUT2D eigenvalue weighted by molar-refractivity contribution is 5.97. The van der Waals surface area contributed by atoms with E-state index in [1.165, 1.54) is 6.07 Å². The number of amides is 1. The summed E-state index contributed by atoms with van der Waals surface area (Å²) in [5.74, 6) is -4.71. The molecule has 0 bridgehead atoms. The number of carbonyl (C=O) groups excluding carboxylic acids is 2. The number of esters is 1. The minimum absolute atomic E-state index is 0.176. The van der Waals surface area contributed by atoms with Crippen LogP contribution >= 0.6 is 0 Å². The van der Waals surface area contributed by atoms with Gasteiger partial charge in [-0.05, 0) is 37.3 Å². The van der Waals surface area contributed by atoms with Gasteiger partial charge in [0.05, 0.1) is 5.56 Å². The number of hydrogen-bond donors (Lipinski definition) is 1. The smallest absolute Gasteiger partial charge is 0.416 e. The Labute approximate surface area is 144 Å². The van der Waals surface area contributed by atoms with Crippen LogP contribution in [0.15, 0.2) is 42.5 Å². The van der Waals surface area contributed by atoms with Gasteiger partial charge in [0.15, 0.2) is 6.10 Å². The molecule has 0 heterocycles. The fourth-order valence-corrected chi connectivity index (χ4v) is 1.98. The zero-order chi connectivity index (χ0) is 19.5. The molecular weight excluding hydrogens is 361 g/mol. The summed E-state index contributed by atoms with van der Waals surface area (Å²) >= 11 is 0. The molecular formula is C17H12F5NO3. The van der Waals surface area contributed by atoms with Gasteiger partial charge < -0.3 is 10.1 Å². The van der Waals surface area contributed by atoms with E-state index in [0.29, 0.717) is 6.07 Å². The second-order valence-electron chi connectivity index (χ2n) is 5.21. The van der Waals surface area contributed by atoms with Gasteiger partial charge in [0.2, 0.25) is 0 Å². The van der Waals surface area contributed by atoms with Gasteiger partial charge in [0, 0.05) is 5.69 Å². The van der Waals surface area contributed by atoms with Gasteiger partial charge in [-0.15, -0.1) is 0 Å². The number of ether oxygens (including phenoxy) is 1. The van der Waals surface area contributed by atoms with Crippen molar-refractivity contribution < 1.29 is 36.3 Å². The molecule has 0 radical (unpaired) electrons. The summed E-state index contributed by atoms with van der Waals surface area (Å²) in [6, 6.07) is 6.54. The lowest BCUT2D eigenvalue weighted by atomic mass is 10.2. The van der Waals surface area contributed by atoms with E-state index in [4.69, 9.17) is 0 Å². The van der Waals surface area contributed by atoms with Gasteiger partial charge in [-0.1, -0.05) is 12.1 Å². The van der Waals surface area contributed by atoms with Crippen LogP contribution in [0.3, 0.4) is 0 Å². The van der Waals surface area contributed by atoms with Crippen LogP contribution in [0.1, 0.15) is 22.8 Å². The maximum absolute atomic E-state index is 13.5. The largest absolute Gasteiger partial charge is 0.449 e. The zero-order valence-corrected chi connectivity index (χ0v) is 13.2. The Balaban J connectivity index is 2.07. The van der Waals surface area contributed by atoms with Crippen molar-refractivity contribution >= 4 is 17.6 Å². The van der Waals surface area contributed by atoms with E-state index < -0.39 is 46.9 Å². The standard InChI is InChI=1S/C17H12F5NO3/c1-9(26-16(25)14-12(18)6-3-7-13(14)19)15(24)23-11-5-2-4-10(8-11)17(20,21)22/h2-9H,1H3,(H,23,24)/t9-/m0/s1. The maximum Gasteiger partial charge on any atom is 0.416 e. The number of nitrogens with one attached hydrogen (secondary N) is 1. The van der Waals surface area contributed by atoms with Crippen molar-refractivity contribution in [1.29, 1.82) is 0 Å². The molecule has 9 heteroatoms. The van der Waals surface area contributed by atoms with Crippen molar-refractivity contribution in [2.45, 2.75) is 19.2 Å². The van der Waals surface area contributed by atoms with E-state index >= 15 is 0 Å². The summed E-state index contributed by atoms with van der Waals surface area (Å²) in [5, 5.41) is 2.14. The Morgan fingerprint density at radius 3 is 2.19 bits per heavy atom. The molecule has 26 heavy (non-hydrogen) atoms. The third-order valence-corrected chi connectivity index (χ3v) is 3.28. The van der Waals surface area contributed by atoms with Crippen LogP contribution in [0.5, 0.6) is 0 Å². The fraction of sp³-hybridized carbons (Fsp3) is 0.176. The first kappa shape index (κ1) is 19.4. The lowest BCUT2D eigenvalue weighted by Gasteiger charge is -2.15. The van der Waals surface area contributed by atoms with E-state index in [0.717, 1.165) is 37.3 Å². The lowest BCUT2D eigenvalue weighted by Crippen LogP contribution is -2.30. The number of hydrogen-bond acceptors (Lipinski definition) is 3. The molecule has 0 unspecified atom stereocenters. The number of anilines is 1. The minimum Gasteiger partial charge on any atom is -0.449 e. The van der Waals surface area contributed by atoms with Crippen molar-refractivity contribution in [2.75, 3.05) is 5.32 Å². The first-order chi connectivity index (χ1) is 12.1. The van der Waals surface area contributed by atoms with Crippen molar-refractivity contribution in [3.8, 4) is 0 Å². The highest BCUT2D eigenvalue weighted by Crippen LogP contribution is 2.30. The molecule has 0 aromatic heterocycles. The molecule has 2 rings (SSSR count). The van der Waals surface area contributed by atoms with Crippen molar-refractivity contribution in [1.82, 2.24) is 0 Å². The molecule has 1 amide bonds. The monoisotopic (exact) mass is 373 g/mol. The second kappa shape index (κ2) is 7.51. The minimum atomic E-state index is -4.60. The Morgan fingerprint density at radius 2 is 1.62 bits per heavy atom. The number of alkyl halides is 3. The highest BCUT2D eigenvalue weighted by Gasteiger charge is 2.31. The van der Waals surface area contributed by atoms with Gasteiger partial charge >= 0.3 is 12.1 Å². The Hall–Kier alpha value is -2.97. The number of benzene rings is 2. The number of halogens is 5. The van der Waals surface area contributed by atoms with E-state index in [9.17, 15) is 31.5 Å². The van der Waals surface area contributed by atoms with Crippen LogP contribution in [-0.4, -0.2) is 18.0 Å². The van der Waals surface area contributed by atoms with Crippen LogP contribution in [0.4, 0.5) is 27.6 Å². The van der Waals surface area contributed by atoms with Gasteiger partial charge in [0.1, 0.15) is 17.2 Å². The average Bonchev–Trinajstić information content (AvgIpc) is 2.54. The van der Waals surface area contributed by atoms with Crippen molar-refractivity contribution in [2.24, 2.45) is 0 Å². The molecule has 0 spiro atoms.